The maximum atomic E-state index is 7.23. The van der Waals surface area contributed by atoms with Gasteiger partial charge in [0.2, 0.25) is 0 Å². The molecule has 41 heavy (non-hydrogen) atoms. The van der Waals surface area contributed by atoms with E-state index in [0.717, 1.165) is 28.2 Å². The fraction of sp³-hybridized carbons (Fsp3) is 0.0526. The molecule has 0 aliphatic carbocycles. The molecular weight excluding hydrogens is 677 g/mol. The number of hydrogen-bond acceptors (Lipinski definition) is 2. The van der Waals surface area contributed by atoms with Gasteiger partial charge in [-0.3, -0.25) is 0 Å². The van der Waals surface area contributed by atoms with E-state index >= 15 is 0 Å². The molecule has 2 nitrogen and oxygen atoms in total. The molecule has 0 amide bonds. The zero-order chi connectivity index (χ0) is 29.8. The predicted molar refractivity (Wildman–Crippen MR) is 167 cm³/mol. The first-order chi connectivity index (χ1) is 20.9. The largest absolute Gasteiger partial charge is 0.304 e. The van der Waals surface area contributed by atoms with E-state index in [-0.39, 0.29) is 25.7 Å². The van der Waals surface area contributed by atoms with Crippen molar-refractivity contribution in [1.82, 2.24) is 9.97 Å². The van der Waals surface area contributed by atoms with Gasteiger partial charge in [0, 0.05) is 36.1 Å². The van der Waals surface area contributed by atoms with Gasteiger partial charge < -0.3 is 9.97 Å². The average Bonchev–Trinajstić information content (AvgIpc) is 3.05. The smallest absolute Gasteiger partial charge is 0.0280 e. The third-order valence-electron chi connectivity index (χ3n) is 6.79. The number of hydrogen-bond donors (Lipinski definition) is 0. The van der Waals surface area contributed by atoms with Crippen molar-refractivity contribution < 1.29 is 24.2 Å². The predicted octanol–water partition coefficient (Wildman–Crippen LogP) is 9.69. The number of benzene rings is 5. The van der Waals surface area contributed by atoms with Gasteiger partial charge in [-0.05, 0) is 70.0 Å². The van der Waals surface area contributed by atoms with E-state index in [0.29, 0.717) is 0 Å². The molecule has 0 aliphatic rings. The number of nitrogens with zero attached hydrogens (tertiary/aromatic N) is 2. The van der Waals surface area contributed by atoms with Crippen LogP contribution in [0.2, 0.25) is 0 Å². The van der Waals surface area contributed by atoms with Gasteiger partial charge >= 0.3 is 0 Å². The van der Waals surface area contributed by atoms with Crippen LogP contribution in [0.5, 0.6) is 0 Å². The molecule has 3 heteroatoms. The molecule has 7 rings (SSSR count). The molecule has 5 aromatic carbocycles. The summed E-state index contributed by atoms with van der Waals surface area (Å²) in [4.78, 5) is 8.78. The van der Waals surface area contributed by atoms with E-state index in [1.165, 1.54) is 38.9 Å². The molecule has 2 heterocycles. The molecule has 0 aliphatic heterocycles. The molecule has 0 unspecified atom stereocenters. The van der Waals surface area contributed by atoms with Crippen LogP contribution < -0.4 is 0 Å². The van der Waals surface area contributed by atoms with Crippen molar-refractivity contribution in [3.63, 3.8) is 0 Å². The molecule has 0 atom stereocenters. The van der Waals surface area contributed by atoms with E-state index in [2.05, 4.69) is 88.8 Å². The average molecular weight is 708 g/mol. The summed E-state index contributed by atoms with van der Waals surface area (Å²) < 4.78 is 21.7. The number of pyridine rings is 2. The Morgan fingerprint density at radius 2 is 1.41 bits per heavy atom. The van der Waals surface area contributed by atoms with Crippen molar-refractivity contribution in [2.45, 2.75) is 13.8 Å². The first-order valence-corrected chi connectivity index (χ1v) is 13.2. The zero-order valence-electron chi connectivity index (χ0n) is 25.4. The van der Waals surface area contributed by atoms with Crippen molar-refractivity contribution >= 4 is 21.5 Å². The van der Waals surface area contributed by atoms with E-state index < -0.39 is 6.85 Å². The second kappa shape index (κ2) is 12.8. The third kappa shape index (κ3) is 6.33. The Morgan fingerprint density at radius 1 is 0.634 bits per heavy atom. The van der Waals surface area contributed by atoms with E-state index in [1.807, 2.05) is 49.4 Å². The summed E-state index contributed by atoms with van der Waals surface area (Å²) in [5.74, 6) is 0. The monoisotopic (exact) mass is 708 g/mol. The van der Waals surface area contributed by atoms with Crippen molar-refractivity contribution in [2.75, 3.05) is 0 Å². The molecule has 0 bridgehead atoms. The SMILES string of the molecule is Cc1cccc(-c2[c-]ccc(-c3cc4ccccc4c4ccccc34)c2)n1.[2H]C([2H])([2H])c1ccc(-c2[c-]cccc2)nc1.[Ir]. The van der Waals surface area contributed by atoms with Crippen molar-refractivity contribution in [1.29, 1.82) is 0 Å². The first-order valence-electron chi connectivity index (χ1n) is 14.7. The zero-order valence-corrected chi connectivity index (χ0v) is 24.8. The van der Waals surface area contributed by atoms with Crippen LogP contribution in [0, 0.1) is 25.9 Å². The van der Waals surface area contributed by atoms with Crippen LogP contribution in [-0.2, 0) is 20.1 Å². The Balaban J connectivity index is 0.000000194. The summed E-state index contributed by atoms with van der Waals surface area (Å²) >= 11 is 0. The topological polar surface area (TPSA) is 25.8 Å². The van der Waals surface area contributed by atoms with E-state index in [9.17, 15) is 0 Å². The summed E-state index contributed by atoms with van der Waals surface area (Å²) in [5.41, 5.74) is 7.28. The van der Waals surface area contributed by atoms with E-state index in [1.54, 1.807) is 18.2 Å². The molecule has 1 radical (unpaired) electrons. The Labute approximate surface area is 259 Å². The van der Waals surface area contributed by atoms with Gasteiger partial charge in [-0.15, -0.1) is 71.3 Å². The van der Waals surface area contributed by atoms with Gasteiger partial charge in [0.15, 0.2) is 0 Å². The summed E-state index contributed by atoms with van der Waals surface area (Å²) in [6, 6.07) is 49.1. The first kappa shape index (κ1) is 24.4. The minimum absolute atomic E-state index is 0. The third-order valence-corrected chi connectivity index (χ3v) is 6.79. The van der Waals surface area contributed by atoms with Crippen molar-refractivity contribution in [3.8, 4) is 33.6 Å². The van der Waals surface area contributed by atoms with Gasteiger partial charge in [0.05, 0.1) is 0 Å². The molecule has 2 aromatic heterocycles. The number of aromatic nitrogens is 2. The molecule has 0 fully saturated rings. The fourth-order valence-corrected chi connectivity index (χ4v) is 4.87. The second-order valence-electron chi connectivity index (χ2n) is 9.55. The maximum Gasteiger partial charge on any atom is 0.0280 e. The Bertz CT molecular complexity index is 2020. The van der Waals surface area contributed by atoms with Crippen LogP contribution >= 0.6 is 0 Å². The molecule has 0 saturated heterocycles. The van der Waals surface area contributed by atoms with Crippen LogP contribution in [0.3, 0.4) is 0 Å². The summed E-state index contributed by atoms with van der Waals surface area (Å²) in [7, 11) is 0. The molecule has 7 aromatic rings. The van der Waals surface area contributed by atoms with E-state index in [4.69, 9.17) is 4.11 Å². The Morgan fingerprint density at radius 3 is 2.17 bits per heavy atom. The van der Waals surface area contributed by atoms with Gasteiger partial charge in [-0.2, -0.15) is 0 Å². The Hall–Kier alpha value is -4.43. The number of aryl methyl sites for hydroxylation is 2. The van der Waals surface area contributed by atoms with Gasteiger partial charge in [-0.25, -0.2) is 0 Å². The normalized spacial score (nSPS) is 11.9. The fourth-order valence-electron chi connectivity index (χ4n) is 4.87. The van der Waals surface area contributed by atoms with Gasteiger partial charge in [0.25, 0.3) is 0 Å². The van der Waals surface area contributed by atoms with Gasteiger partial charge in [0.1, 0.15) is 0 Å². The summed E-state index contributed by atoms with van der Waals surface area (Å²) in [5, 5.41) is 5.10. The summed E-state index contributed by atoms with van der Waals surface area (Å²) in [6.45, 7) is -0.0733. The number of fused-ring (bicyclic) bond motifs is 3. The minimum atomic E-state index is -2.09. The standard InChI is InChI=1S/C26H18N.C12H10N.Ir/c1-18-8-6-15-26(27-18)21-11-7-10-19(16-21)25-17-20-9-2-3-12-22(20)23-13-4-5-14-24(23)25;1-10-7-8-12(13-9-10)11-5-3-2-4-6-11;/h2-10,12-17H,1H3;2-5,7-9H,1H3;/q2*-1;/i;1D3;. The molecular formula is C38H28IrN2-2. The molecule has 0 N–H and O–H groups in total. The molecule has 201 valence electrons. The van der Waals surface area contributed by atoms with Gasteiger partial charge in [-0.1, -0.05) is 72.8 Å². The molecule has 0 spiro atoms. The van der Waals surface area contributed by atoms with Crippen LogP contribution in [0.4, 0.5) is 0 Å². The van der Waals surface area contributed by atoms with Crippen molar-refractivity contribution in [2.24, 2.45) is 0 Å². The van der Waals surface area contributed by atoms with Crippen LogP contribution in [0.1, 0.15) is 15.4 Å². The van der Waals surface area contributed by atoms with Crippen molar-refractivity contribution in [3.05, 3.63) is 157 Å². The van der Waals surface area contributed by atoms with Crippen LogP contribution in [0.25, 0.3) is 55.2 Å². The summed E-state index contributed by atoms with van der Waals surface area (Å²) in [6.07, 6.45) is 1.39. The Kier molecular flexibility index (Phi) is 7.62. The quantitative estimate of drug-likeness (QED) is 0.135. The minimum Gasteiger partial charge on any atom is -0.304 e. The number of rotatable bonds is 3. The van der Waals surface area contributed by atoms with Crippen LogP contribution in [-0.4, -0.2) is 9.97 Å². The maximum absolute atomic E-state index is 7.23. The van der Waals surface area contributed by atoms with Crippen LogP contribution in [0.15, 0.2) is 134 Å². The second-order valence-corrected chi connectivity index (χ2v) is 9.55. The molecule has 0 saturated carbocycles.